The monoisotopic (exact) mass is 374 g/mol. The van der Waals surface area contributed by atoms with Crippen molar-refractivity contribution in [2.45, 2.75) is 51.1 Å². The molecule has 0 aliphatic rings. The molecule has 0 aromatic heterocycles. The average Bonchev–Trinajstić information content (AvgIpc) is 2.60. The summed E-state index contributed by atoms with van der Waals surface area (Å²) in [5.74, 6) is 0. The molecule has 0 radical (unpaired) electrons. The molecule has 0 aliphatic heterocycles. The molecule has 0 spiro atoms. The zero-order valence-electron chi connectivity index (χ0n) is 16.4. The fourth-order valence-electron chi connectivity index (χ4n) is 2.66. The molecule has 5 heteroatoms. The first-order chi connectivity index (χ1) is 12.1. The summed E-state index contributed by atoms with van der Waals surface area (Å²) >= 11 is 0. The minimum atomic E-state index is -3.52. The molecule has 2 rings (SSSR count). The average molecular weight is 375 g/mol. The van der Waals surface area contributed by atoms with Crippen LogP contribution < -0.4 is 4.72 Å². The van der Waals surface area contributed by atoms with Crippen molar-refractivity contribution in [1.29, 1.82) is 0 Å². The van der Waals surface area contributed by atoms with Gasteiger partial charge in [-0.1, -0.05) is 64.1 Å². The van der Waals surface area contributed by atoms with Gasteiger partial charge in [-0.05, 0) is 47.8 Å². The predicted molar refractivity (Wildman–Crippen MR) is 108 cm³/mol. The predicted octanol–water partition coefficient (Wildman–Crippen LogP) is 3.91. The summed E-state index contributed by atoms with van der Waals surface area (Å²) in [6.07, 6.45) is 0. The zero-order chi connectivity index (χ0) is 19.4. The molecule has 0 amide bonds. The van der Waals surface area contributed by atoms with Crippen LogP contribution in [0.2, 0.25) is 0 Å². The van der Waals surface area contributed by atoms with E-state index in [2.05, 4.69) is 56.5 Å². The van der Waals surface area contributed by atoms with E-state index in [0.29, 0.717) is 4.90 Å². The largest absolute Gasteiger partial charge is 0.302 e. The lowest BCUT2D eigenvalue weighted by Gasteiger charge is -2.19. The van der Waals surface area contributed by atoms with Crippen LogP contribution in [0.4, 0.5) is 0 Å². The Morgan fingerprint density at radius 2 is 1.62 bits per heavy atom. The maximum absolute atomic E-state index is 12.6. The van der Waals surface area contributed by atoms with Gasteiger partial charge in [0.1, 0.15) is 0 Å². The maximum atomic E-state index is 12.6. The van der Waals surface area contributed by atoms with Gasteiger partial charge in [-0.2, -0.15) is 0 Å². The van der Waals surface area contributed by atoms with E-state index in [9.17, 15) is 8.42 Å². The molecule has 2 aromatic carbocycles. The Hall–Kier alpha value is -1.69. The summed E-state index contributed by atoms with van der Waals surface area (Å²) in [6.45, 7) is 10.6. The van der Waals surface area contributed by atoms with Gasteiger partial charge >= 0.3 is 0 Å². The number of rotatable bonds is 7. The van der Waals surface area contributed by atoms with Crippen molar-refractivity contribution in [3.05, 3.63) is 65.2 Å². The molecule has 1 N–H and O–H groups in total. The minimum absolute atomic E-state index is 0.00180. The van der Waals surface area contributed by atoms with Crippen LogP contribution in [0.5, 0.6) is 0 Å². The van der Waals surface area contributed by atoms with Gasteiger partial charge in [0.05, 0.1) is 4.90 Å². The van der Waals surface area contributed by atoms with Crippen molar-refractivity contribution in [3.63, 3.8) is 0 Å². The van der Waals surface area contributed by atoms with Crippen LogP contribution in [0.3, 0.4) is 0 Å². The third-order valence-corrected chi connectivity index (χ3v) is 5.90. The van der Waals surface area contributed by atoms with Crippen LogP contribution in [0.1, 0.15) is 44.4 Å². The van der Waals surface area contributed by atoms with Crippen molar-refractivity contribution in [2.75, 3.05) is 13.6 Å². The molecule has 4 nitrogen and oxygen atoms in total. The van der Waals surface area contributed by atoms with Gasteiger partial charge in [0.25, 0.3) is 0 Å². The van der Waals surface area contributed by atoms with E-state index in [4.69, 9.17) is 0 Å². The number of hydrogen-bond donors (Lipinski definition) is 1. The molecule has 0 atom stereocenters. The van der Waals surface area contributed by atoms with E-state index in [1.54, 1.807) is 12.1 Å². The topological polar surface area (TPSA) is 49.4 Å². The van der Waals surface area contributed by atoms with E-state index >= 15 is 0 Å². The van der Waals surface area contributed by atoms with Gasteiger partial charge in [-0.3, -0.25) is 0 Å². The second-order valence-electron chi connectivity index (χ2n) is 7.75. The number of nitrogens with one attached hydrogen (secondary N) is 1. The smallest absolute Gasteiger partial charge is 0.240 e. The minimum Gasteiger partial charge on any atom is -0.302 e. The van der Waals surface area contributed by atoms with Gasteiger partial charge < -0.3 is 4.90 Å². The summed E-state index contributed by atoms with van der Waals surface area (Å²) in [5.41, 5.74) is 3.26. The van der Waals surface area contributed by atoms with Gasteiger partial charge in [0.15, 0.2) is 0 Å². The molecular formula is C21H30N2O2S. The SMILES string of the molecule is CCN(C)Cc1cccc(CNS(=O)(=O)c2ccc(C(C)(C)C)cc2)c1. The second-order valence-corrected chi connectivity index (χ2v) is 9.52. The molecule has 0 unspecified atom stereocenters. The summed E-state index contributed by atoms with van der Waals surface area (Å²) in [6, 6.07) is 15.2. The Kier molecular flexibility index (Phi) is 6.61. The summed E-state index contributed by atoms with van der Waals surface area (Å²) in [7, 11) is -1.46. The lowest BCUT2D eigenvalue weighted by atomic mass is 9.87. The molecule has 26 heavy (non-hydrogen) atoms. The molecule has 0 fully saturated rings. The lowest BCUT2D eigenvalue weighted by molar-refractivity contribution is 0.345. The maximum Gasteiger partial charge on any atom is 0.240 e. The van der Waals surface area contributed by atoms with Crippen molar-refractivity contribution >= 4 is 10.0 Å². The van der Waals surface area contributed by atoms with E-state index in [-0.39, 0.29) is 12.0 Å². The summed E-state index contributed by atoms with van der Waals surface area (Å²) in [4.78, 5) is 2.51. The quantitative estimate of drug-likeness (QED) is 0.799. The second kappa shape index (κ2) is 8.33. The normalized spacial score (nSPS) is 12.5. The molecule has 2 aromatic rings. The Morgan fingerprint density at radius 1 is 1.00 bits per heavy atom. The molecule has 0 bridgehead atoms. The molecule has 142 valence electrons. The summed E-state index contributed by atoms with van der Waals surface area (Å²) in [5, 5.41) is 0. The molecule has 0 heterocycles. The molecule has 0 aliphatic carbocycles. The van der Waals surface area contributed by atoms with Crippen LogP contribution in [-0.2, 0) is 28.5 Å². The van der Waals surface area contributed by atoms with E-state index < -0.39 is 10.0 Å². The van der Waals surface area contributed by atoms with Crippen LogP contribution in [0.25, 0.3) is 0 Å². The first kappa shape index (κ1) is 20.6. The van der Waals surface area contributed by atoms with Crippen molar-refractivity contribution in [1.82, 2.24) is 9.62 Å². The van der Waals surface area contributed by atoms with Crippen LogP contribution in [0, 0.1) is 0 Å². The Balaban J connectivity index is 2.07. The highest BCUT2D eigenvalue weighted by atomic mass is 32.2. The molecular weight excluding hydrogens is 344 g/mol. The fourth-order valence-corrected chi connectivity index (χ4v) is 3.67. The van der Waals surface area contributed by atoms with Gasteiger partial charge in [0, 0.05) is 13.1 Å². The number of hydrogen-bond acceptors (Lipinski definition) is 3. The van der Waals surface area contributed by atoms with Crippen LogP contribution in [-0.4, -0.2) is 26.9 Å². The zero-order valence-corrected chi connectivity index (χ0v) is 17.2. The van der Waals surface area contributed by atoms with Crippen molar-refractivity contribution < 1.29 is 8.42 Å². The number of benzene rings is 2. The van der Waals surface area contributed by atoms with E-state index in [1.165, 1.54) is 5.56 Å². The molecule has 0 saturated carbocycles. The highest BCUT2D eigenvalue weighted by Crippen LogP contribution is 2.23. The standard InChI is InChI=1S/C21H30N2O2S/c1-6-23(5)16-18-9-7-8-17(14-18)15-22-26(24,25)20-12-10-19(11-13-20)21(2,3)4/h7-14,22H,6,15-16H2,1-5H3. The Labute approximate surface area is 158 Å². The van der Waals surface area contributed by atoms with Gasteiger partial charge in [-0.15, -0.1) is 0 Å². The number of nitrogens with zero attached hydrogens (tertiary/aromatic N) is 1. The third kappa shape index (κ3) is 5.66. The van der Waals surface area contributed by atoms with E-state index in [0.717, 1.165) is 24.2 Å². The number of sulfonamides is 1. The summed E-state index contributed by atoms with van der Waals surface area (Å²) < 4.78 is 27.8. The fraction of sp³-hybridized carbons (Fsp3) is 0.429. The van der Waals surface area contributed by atoms with Crippen molar-refractivity contribution in [2.24, 2.45) is 0 Å². The van der Waals surface area contributed by atoms with Crippen molar-refractivity contribution in [3.8, 4) is 0 Å². The van der Waals surface area contributed by atoms with Gasteiger partial charge in [0.2, 0.25) is 10.0 Å². The first-order valence-corrected chi connectivity index (χ1v) is 10.5. The first-order valence-electron chi connectivity index (χ1n) is 8.98. The lowest BCUT2D eigenvalue weighted by Crippen LogP contribution is -2.23. The van der Waals surface area contributed by atoms with Crippen LogP contribution >= 0.6 is 0 Å². The molecule has 0 saturated heterocycles. The van der Waals surface area contributed by atoms with Gasteiger partial charge in [-0.25, -0.2) is 13.1 Å². The Morgan fingerprint density at radius 3 is 2.19 bits per heavy atom. The van der Waals surface area contributed by atoms with E-state index in [1.807, 2.05) is 24.3 Å². The Bertz CT molecular complexity index is 822. The third-order valence-electron chi connectivity index (χ3n) is 4.48. The van der Waals surface area contributed by atoms with Crippen LogP contribution in [0.15, 0.2) is 53.4 Å². The highest BCUT2D eigenvalue weighted by Gasteiger charge is 2.17. The highest BCUT2D eigenvalue weighted by molar-refractivity contribution is 7.89.